The lowest BCUT2D eigenvalue weighted by Gasteiger charge is -2.37. The fourth-order valence-corrected chi connectivity index (χ4v) is 4.75. The summed E-state index contributed by atoms with van der Waals surface area (Å²) in [5, 5.41) is 0. The highest BCUT2D eigenvalue weighted by Crippen LogP contribution is 2.33. The summed E-state index contributed by atoms with van der Waals surface area (Å²) in [7, 11) is 0. The van der Waals surface area contributed by atoms with Gasteiger partial charge in [0, 0.05) is 38.4 Å². The predicted octanol–water partition coefficient (Wildman–Crippen LogP) is 4.70. The molecule has 0 unspecified atom stereocenters. The minimum atomic E-state index is -0.143. The monoisotopic (exact) mass is 445 g/mol. The molecule has 1 saturated heterocycles. The topological polar surface area (TPSA) is 43.9 Å². The van der Waals surface area contributed by atoms with Crippen LogP contribution in [0.2, 0.25) is 0 Å². The van der Waals surface area contributed by atoms with E-state index >= 15 is 0 Å². The lowest BCUT2D eigenvalue weighted by Crippen LogP contribution is -2.47. The first-order valence-corrected chi connectivity index (χ1v) is 12.2. The summed E-state index contributed by atoms with van der Waals surface area (Å²) in [5.41, 5.74) is 6.79. The van der Waals surface area contributed by atoms with Gasteiger partial charge in [-0.3, -0.25) is 14.5 Å². The van der Waals surface area contributed by atoms with Crippen molar-refractivity contribution in [2.45, 2.75) is 47.0 Å². The largest absolute Gasteiger partial charge is 0.368 e. The van der Waals surface area contributed by atoms with E-state index in [1.165, 1.54) is 21.7 Å². The summed E-state index contributed by atoms with van der Waals surface area (Å²) in [6.07, 6.45) is 2.92. The lowest BCUT2D eigenvalue weighted by atomic mass is 9.99. The molecule has 2 aromatic carbocycles. The Bertz CT molecular complexity index is 1080. The highest BCUT2D eigenvalue weighted by atomic mass is 16.2. The van der Waals surface area contributed by atoms with Crippen molar-refractivity contribution in [2.24, 2.45) is 0 Å². The van der Waals surface area contributed by atoms with Crippen molar-refractivity contribution in [3.05, 3.63) is 70.4 Å². The number of rotatable bonds is 7. The standard InChI is InChI=1S/C28H35N3O2/c1-5-6-7-13-31-27(32)25(23-12-11-21(3)22(4)19-23)26(28(31)33)30-16-14-29(15-17-30)24-10-8-9-20(2)18-24/h8-12,18-19H,5-7,13-17H2,1-4H3. The molecule has 174 valence electrons. The molecular formula is C28H35N3O2. The van der Waals surface area contributed by atoms with Crippen LogP contribution in [0, 0.1) is 20.8 Å². The van der Waals surface area contributed by atoms with Crippen LogP contribution in [0.15, 0.2) is 48.2 Å². The van der Waals surface area contributed by atoms with Crippen LogP contribution in [-0.2, 0) is 9.59 Å². The average molecular weight is 446 g/mol. The summed E-state index contributed by atoms with van der Waals surface area (Å²) < 4.78 is 0. The SMILES string of the molecule is CCCCCN1C(=O)C(c2ccc(C)c(C)c2)=C(N2CCN(c3cccc(C)c3)CC2)C1=O. The third-order valence-corrected chi connectivity index (χ3v) is 6.89. The van der Waals surface area contributed by atoms with Crippen LogP contribution in [0.25, 0.3) is 5.57 Å². The van der Waals surface area contributed by atoms with Gasteiger partial charge in [0.05, 0.1) is 5.57 Å². The minimum Gasteiger partial charge on any atom is -0.368 e. The van der Waals surface area contributed by atoms with Crippen LogP contribution in [0.3, 0.4) is 0 Å². The van der Waals surface area contributed by atoms with Crippen molar-refractivity contribution in [1.29, 1.82) is 0 Å². The van der Waals surface area contributed by atoms with E-state index in [9.17, 15) is 9.59 Å². The molecule has 0 bridgehead atoms. The molecule has 0 radical (unpaired) electrons. The Balaban J connectivity index is 1.63. The number of carbonyl (C=O) groups is 2. The smallest absolute Gasteiger partial charge is 0.277 e. The summed E-state index contributed by atoms with van der Waals surface area (Å²) in [5.74, 6) is -0.274. The van der Waals surface area contributed by atoms with Crippen LogP contribution >= 0.6 is 0 Å². The maximum absolute atomic E-state index is 13.5. The van der Waals surface area contributed by atoms with Gasteiger partial charge in [0.15, 0.2) is 0 Å². The summed E-state index contributed by atoms with van der Waals surface area (Å²) in [4.78, 5) is 33.0. The molecule has 2 aliphatic rings. The summed E-state index contributed by atoms with van der Waals surface area (Å²) in [6.45, 7) is 11.9. The average Bonchev–Trinajstić information content (AvgIpc) is 3.06. The summed E-state index contributed by atoms with van der Waals surface area (Å²) in [6, 6.07) is 14.6. The van der Waals surface area contributed by atoms with Crippen LogP contribution in [0.4, 0.5) is 5.69 Å². The first-order chi connectivity index (χ1) is 15.9. The Morgan fingerprint density at radius 3 is 2.18 bits per heavy atom. The Morgan fingerprint density at radius 1 is 0.788 bits per heavy atom. The van der Waals surface area contributed by atoms with Gasteiger partial charge in [-0.2, -0.15) is 0 Å². The number of aryl methyl sites for hydroxylation is 3. The van der Waals surface area contributed by atoms with Gasteiger partial charge in [-0.05, 0) is 61.6 Å². The molecule has 33 heavy (non-hydrogen) atoms. The van der Waals surface area contributed by atoms with Gasteiger partial charge >= 0.3 is 0 Å². The van der Waals surface area contributed by atoms with Gasteiger partial charge in [0.1, 0.15) is 5.70 Å². The van der Waals surface area contributed by atoms with Crippen molar-refractivity contribution >= 4 is 23.1 Å². The Morgan fingerprint density at radius 2 is 1.52 bits per heavy atom. The van der Waals surface area contributed by atoms with E-state index in [0.717, 1.165) is 56.6 Å². The number of imide groups is 1. The third kappa shape index (κ3) is 4.68. The fraction of sp³-hybridized carbons (Fsp3) is 0.429. The first kappa shape index (κ1) is 23.1. The van der Waals surface area contributed by atoms with Gasteiger partial charge < -0.3 is 9.80 Å². The molecule has 0 spiro atoms. The molecule has 5 nitrogen and oxygen atoms in total. The quantitative estimate of drug-likeness (QED) is 0.458. The number of hydrogen-bond acceptors (Lipinski definition) is 4. The zero-order valence-electron chi connectivity index (χ0n) is 20.4. The first-order valence-electron chi connectivity index (χ1n) is 12.2. The van der Waals surface area contributed by atoms with Crippen molar-refractivity contribution in [2.75, 3.05) is 37.6 Å². The zero-order chi connectivity index (χ0) is 23.5. The lowest BCUT2D eigenvalue weighted by molar-refractivity contribution is -0.137. The van der Waals surface area contributed by atoms with Crippen molar-refractivity contribution < 1.29 is 9.59 Å². The van der Waals surface area contributed by atoms with Crippen molar-refractivity contribution in [3.63, 3.8) is 0 Å². The molecular weight excluding hydrogens is 410 g/mol. The number of carbonyl (C=O) groups excluding carboxylic acids is 2. The number of piperazine rings is 1. The van der Waals surface area contributed by atoms with E-state index < -0.39 is 0 Å². The second-order valence-corrected chi connectivity index (χ2v) is 9.30. The van der Waals surface area contributed by atoms with E-state index in [-0.39, 0.29) is 11.8 Å². The minimum absolute atomic E-state index is 0.131. The molecule has 4 rings (SSSR count). The van der Waals surface area contributed by atoms with Crippen molar-refractivity contribution in [1.82, 2.24) is 9.80 Å². The van der Waals surface area contributed by atoms with Crippen LogP contribution < -0.4 is 4.90 Å². The van der Waals surface area contributed by atoms with Gasteiger partial charge in [-0.15, -0.1) is 0 Å². The van der Waals surface area contributed by atoms with E-state index in [2.05, 4.69) is 61.8 Å². The predicted molar refractivity (Wildman–Crippen MR) is 134 cm³/mol. The number of benzene rings is 2. The molecule has 2 amide bonds. The van der Waals surface area contributed by atoms with Crippen LogP contribution in [0.5, 0.6) is 0 Å². The fourth-order valence-electron chi connectivity index (χ4n) is 4.75. The number of unbranched alkanes of at least 4 members (excludes halogenated alkanes) is 2. The highest BCUT2D eigenvalue weighted by Gasteiger charge is 2.41. The molecule has 5 heteroatoms. The maximum Gasteiger partial charge on any atom is 0.277 e. The second kappa shape index (κ2) is 9.82. The van der Waals surface area contributed by atoms with Gasteiger partial charge in [0.2, 0.25) is 0 Å². The number of nitrogens with zero attached hydrogens (tertiary/aromatic N) is 3. The normalized spacial score (nSPS) is 16.9. The zero-order valence-corrected chi connectivity index (χ0v) is 20.4. The van der Waals surface area contributed by atoms with E-state index in [0.29, 0.717) is 17.8 Å². The van der Waals surface area contributed by atoms with Crippen LogP contribution in [0.1, 0.15) is 48.4 Å². The van der Waals surface area contributed by atoms with Gasteiger partial charge in [-0.25, -0.2) is 0 Å². The number of amides is 2. The van der Waals surface area contributed by atoms with E-state index in [1.54, 1.807) is 0 Å². The van der Waals surface area contributed by atoms with Gasteiger partial charge in [0.25, 0.3) is 11.8 Å². The molecule has 0 N–H and O–H groups in total. The molecule has 2 aliphatic heterocycles. The third-order valence-electron chi connectivity index (χ3n) is 6.89. The Labute approximate surface area is 197 Å². The van der Waals surface area contributed by atoms with Gasteiger partial charge in [-0.1, -0.05) is 50.1 Å². The Hall–Kier alpha value is -3.08. The molecule has 0 saturated carbocycles. The van der Waals surface area contributed by atoms with Crippen LogP contribution in [-0.4, -0.2) is 54.3 Å². The number of anilines is 1. The molecule has 0 aliphatic carbocycles. The second-order valence-electron chi connectivity index (χ2n) is 9.30. The molecule has 0 aromatic heterocycles. The highest BCUT2D eigenvalue weighted by molar-refractivity contribution is 6.35. The molecule has 2 aromatic rings. The molecule has 0 atom stereocenters. The van der Waals surface area contributed by atoms with Crippen molar-refractivity contribution in [3.8, 4) is 0 Å². The van der Waals surface area contributed by atoms with E-state index in [4.69, 9.17) is 0 Å². The maximum atomic E-state index is 13.5. The summed E-state index contributed by atoms with van der Waals surface area (Å²) >= 11 is 0. The molecule has 1 fully saturated rings. The Kier molecular flexibility index (Phi) is 6.87. The molecule has 2 heterocycles. The van der Waals surface area contributed by atoms with E-state index in [1.807, 2.05) is 18.2 Å². The number of hydrogen-bond donors (Lipinski definition) is 0.